The minimum absolute atomic E-state index is 0.0500. The summed E-state index contributed by atoms with van der Waals surface area (Å²) in [5, 5.41) is 43.9. The zero-order valence-electron chi connectivity index (χ0n) is 18.2. The molecule has 0 saturated heterocycles. The van der Waals surface area contributed by atoms with Gasteiger partial charge in [0, 0.05) is 17.4 Å². The van der Waals surface area contributed by atoms with Gasteiger partial charge in [-0.05, 0) is 46.0 Å². The largest absolute Gasteiger partial charge is 0.510 e. The Kier molecular flexibility index (Phi) is 4.59. The van der Waals surface area contributed by atoms with E-state index in [1.807, 2.05) is 0 Å². The van der Waals surface area contributed by atoms with E-state index in [-0.39, 0.29) is 28.9 Å². The summed E-state index contributed by atoms with van der Waals surface area (Å²) < 4.78 is 0. The summed E-state index contributed by atoms with van der Waals surface area (Å²) >= 11 is 0. The van der Waals surface area contributed by atoms with E-state index in [1.165, 1.54) is 26.0 Å². The second kappa shape index (κ2) is 6.66. The van der Waals surface area contributed by atoms with Gasteiger partial charge in [-0.1, -0.05) is 12.1 Å². The lowest BCUT2D eigenvalue weighted by Crippen LogP contribution is -2.62. The highest BCUT2D eigenvalue weighted by Gasteiger charge is 2.64. The van der Waals surface area contributed by atoms with E-state index < -0.39 is 63.5 Å². The molecule has 0 aromatic heterocycles. The van der Waals surface area contributed by atoms with Gasteiger partial charge in [0.05, 0.1) is 22.6 Å². The van der Waals surface area contributed by atoms with Gasteiger partial charge < -0.3 is 26.2 Å². The maximum atomic E-state index is 13.9. The minimum Gasteiger partial charge on any atom is -0.510 e. The quantitative estimate of drug-likeness (QED) is 0.422. The van der Waals surface area contributed by atoms with Crippen molar-refractivity contribution in [3.05, 3.63) is 46.2 Å². The first-order chi connectivity index (χ1) is 14.8. The number of nitrogens with zero attached hydrogens (tertiary/aromatic N) is 1. The molecule has 1 aromatic rings. The summed E-state index contributed by atoms with van der Waals surface area (Å²) in [4.78, 5) is 40.6. The molecule has 170 valence electrons. The number of aliphatic hydroxyl groups is 3. The monoisotopic (exact) mass is 442 g/mol. The van der Waals surface area contributed by atoms with Gasteiger partial charge in [-0.15, -0.1) is 0 Å². The standard InChI is InChI=1S/C23H26N2O7/c1-22-11(16(25(3)4)18(28)15(20(22)30)21(24)31)8-10-14(19(22)29)17(27)13-9(23(10,2)32)6-5-7-12(13)26/h5-7,10-11,16,26-27,30,32H,8H2,1-4H3,(H2,24,31)/t10-,11-,16-,22+,23+/m0/s1. The number of allylic oxidation sites excluding steroid dienone is 1. The van der Waals surface area contributed by atoms with Crippen molar-refractivity contribution in [2.45, 2.75) is 31.9 Å². The van der Waals surface area contributed by atoms with Crippen LogP contribution in [-0.4, -0.2) is 62.9 Å². The number of likely N-dealkylation sites (N-methyl/N-ethyl adjacent to an activating group) is 1. The summed E-state index contributed by atoms with van der Waals surface area (Å²) in [5.74, 6) is -5.84. The smallest absolute Gasteiger partial charge is 0.255 e. The van der Waals surface area contributed by atoms with Crippen LogP contribution in [0.4, 0.5) is 0 Å². The molecule has 5 atom stereocenters. The van der Waals surface area contributed by atoms with Crippen LogP contribution >= 0.6 is 0 Å². The van der Waals surface area contributed by atoms with Crippen LogP contribution in [0.15, 0.2) is 35.1 Å². The van der Waals surface area contributed by atoms with Gasteiger partial charge in [0.25, 0.3) is 5.91 Å². The van der Waals surface area contributed by atoms with Crippen LogP contribution < -0.4 is 5.73 Å². The van der Waals surface area contributed by atoms with Crippen molar-refractivity contribution in [1.29, 1.82) is 0 Å². The number of primary amides is 1. The minimum atomic E-state index is -1.75. The van der Waals surface area contributed by atoms with Crippen LogP contribution in [0.5, 0.6) is 5.75 Å². The number of nitrogens with two attached hydrogens (primary N) is 1. The molecule has 9 heteroatoms. The number of Topliss-reactive ketones (excluding diaryl/α,β-unsaturated/α-hetero) is 2. The lowest BCUT2D eigenvalue weighted by molar-refractivity contribution is -0.143. The number of amides is 1. The summed E-state index contributed by atoms with van der Waals surface area (Å²) in [6, 6.07) is 3.44. The van der Waals surface area contributed by atoms with Gasteiger partial charge >= 0.3 is 0 Å². The molecular weight excluding hydrogens is 416 g/mol. The number of phenols is 1. The van der Waals surface area contributed by atoms with Gasteiger partial charge in [-0.2, -0.15) is 0 Å². The average Bonchev–Trinajstić information content (AvgIpc) is 2.68. The van der Waals surface area contributed by atoms with Crippen molar-refractivity contribution >= 4 is 23.2 Å². The Hall–Kier alpha value is -3.17. The molecule has 32 heavy (non-hydrogen) atoms. The number of carbonyl (C=O) groups excluding carboxylic acids is 3. The van der Waals surface area contributed by atoms with Crippen LogP contribution in [0.3, 0.4) is 0 Å². The second-order valence-corrected chi connectivity index (χ2v) is 9.40. The Morgan fingerprint density at radius 1 is 1.16 bits per heavy atom. The molecule has 1 fully saturated rings. The van der Waals surface area contributed by atoms with Gasteiger partial charge in [0.15, 0.2) is 11.6 Å². The summed E-state index contributed by atoms with van der Waals surface area (Å²) in [6.45, 7) is 2.89. The molecule has 3 aliphatic rings. The lowest BCUT2D eigenvalue weighted by atomic mass is 9.50. The zero-order valence-corrected chi connectivity index (χ0v) is 18.2. The molecule has 3 aliphatic carbocycles. The van der Waals surface area contributed by atoms with Crippen LogP contribution in [0, 0.1) is 17.3 Å². The number of phenolic OH excluding ortho intramolecular Hbond substituents is 1. The average molecular weight is 442 g/mol. The van der Waals surface area contributed by atoms with Crippen LogP contribution in [-0.2, 0) is 20.0 Å². The predicted octanol–water partition coefficient (Wildman–Crippen LogP) is 0.904. The Labute approximate surface area is 184 Å². The number of hydrogen-bond acceptors (Lipinski definition) is 8. The third-order valence-corrected chi connectivity index (χ3v) is 7.48. The maximum absolute atomic E-state index is 13.9. The molecule has 0 radical (unpaired) electrons. The SMILES string of the molecule is CN(C)[C@@H]1C(=O)C(C(N)=O)=C(O)[C@@]2(C)C(=O)C3=C(O)c4c(O)cccc4[C@@](C)(O)[C@H]3C[C@@H]12. The van der Waals surface area contributed by atoms with E-state index in [0.717, 1.165) is 0 Å². The second-order valence-electron chi connectivity index (χ2n) is 9.40. The van der Waals surface area contributed by atoms with E-state index in [4.69, 9.17) is 5.73 Å². The van der Waals surface area contributed by atoms with Gasteiger partial charge in [0.2, 0.25) is 0 Å². The number of aromatic hydroxyl groups is 1. The molecular formula is C23H26N2O7. The molecule has 9 nitrogen and oxygen atoms in total. The topological polar surface area (TPSA) is 161 Å². The van der Waals surface area contributed by atoms with E-state index in [9.17, 15) is 34.8 Å². The van der Waals surface area contributed by atoms with Crippen molar-refractivity contribution in [1.82, 2.24) is 4.90 Å². The first-order valence-corrected chi connectivity index (χ1v) is 10.2. The Balaban J connectivity index is 2.05. The molecule has 6 N–H and O–H groups in total. The zero-order chi connectivity index (χ0) is 23.9. The number of ketones is 2. The fraction of sp³-hybridized carbons (Fsp3) is 0.435. The number of carbonyl (C=O) groups is 3. The van der Waals surface area contributed by atoms with E-state index in [1.54, 1.807) is 25.1 Å². The summed E-state index contributed by atoms with van der Waals surface area (Å²) in [7, 11) is 3.23. The number of hydrogen-bond donors (Lipinski definition) is 5. The number of fused-ring (bicyclic) bond motifs is 3. The third kappa shape index (κ3) is 2.49. The van der Waals surface area contributed by atoms with Gasteiger partial charge in [-0.25, -0.2) is 0 Å². The summed E-state index contributed by atoms with van der Waals surface area (Å²) in [6.07, 6.45) is 0.0500. The molecule has 0 bridgehead atoms. The molecule has 0 heterocycles. The fourth-order valence-corrected chi connectivity index (χ4v) is 5.80. The highest BCUT2D eigenvalue weighted by atomic mass is 16.3. The first kappa shape index (κ1) is 22.0. The molecule has 1 saturated carbocycles. The molecule has 1 amide bonds. The number of rotatable bonds is 2. The van der Waals surface area contributed by atoms with Crippen molar-refractivity contribution in [3.8, 4) is 5.75 Å². The first-order valence-electron chi connectivity index (χ1n) is 10.2. The fourth-order valence-electron chi connectivity index (χ4n) is 5.80. The third-order valence-electron chi connectivity index (χ3n) is 7.48. The summed E-state index contributed by atoms with van der Waals surface area (Å²) in [5.41, 5.74) is 1.37. The highest BCUT2D eigenvalue weighted by molar-refractivity contribution is 6.24. The van der Waals surface area contributed by atoms with Crippen molar-refractivity contribution < 1.29 is 34.8 Å². The predicted molar refractivity (Wildman–Crippen MR) is 113 cm³/mol. The molecule has 0 spiro atoms. The van der Waals surface area contributed by atoms with Crippen molar-refractivity contribution in [3.63, 3.8) is 0 Å². The Bertz CT molecular complexity index is 1150. The van der Waals surface area contributed by atoms with E-state index >= 15 is 0 Å². The van der Waals surface area contributed by atoms with Crippen LogP contribution in [0.2, 0.25) is 0 Å². The normalized spacial score (nSPS) is 34.4. The van der Waals surface area contributed by atoms with Gasteiger partial charge in [-0.3, -0.25) is 19.3 Å². The van der Waals surface area contributed by atoms with E-state index in [0.29, 0.717) is 0 Å². The maximum Gasteiger partial charge on any atom is 0.255 e. The Morgan fingerprint density at radius 2 is 1.78 bits per heavy atom. The van der Waals surface area contributed by atoms with Gasteiger partial charge in [0.1, 0.15) is 22.8 Å². The number of aliphatic hydroxyl groups excluding tert-OH is 2. The lowest BCUT2D eigenvalue weighted by Gasteiger charge is -2.54. The highest BCUT2D eigenvalue weighted by Crippen LogP contribution is 2.60. The molecule has 0 aliphatic heterocycles. The molecule has 0 unspecified atom stereocenters. The van der Waals surface area contributed by atoms with Crippen molar-refractivity contribution in [2.24, 2.45) is 23.0 Å². The van der Waals surface area contributed by atoms with Crippen LogP contribution in [0.1, 0.15) is 31.4 Å². The van der Waals surface area contributed by atoms with Crippen LogP contribution in [0.25, 0.3) is 5.76 Å². The van der Waals surface area contributed by atoms with E-state index in [2.05, 4.69) is 0 Å². The Morgan fingerprint density at radius 3 is 2.34 bits per heavy atom. The molecule has 4 rings (SSSR count). The van der Waals surface area contributed by atoms with Crippen molar-refractivity contribution in [2.75, 3.05) is 14.1 Å². The number of benzene rings is 1. The molecule has 1 aromatic carbocycles.